The second-order valence-corrected chi connectivity index (χ2v) is 9.81. The number of benzene rings is 3. The minimum atomic E-state index is -1.03. The minimum absolute atomic E-state index is 0.105. The van der Waals surface area contributed by atoms with Crippen molar-refractivity contribution in [2.75, 3.05) is 26.2 Å². The molecule has 4 aromatic rings. The van der Waals surface area contributed by atoms with Crippen molar-refractivity contribution in [2.24, 2.45) is 0 Å². The summed E-state index contributed by atoms with van der Waals surface area (Å²) >= 11 is 0. The lowest BCUT2D eigenvalue weighted by molar-refractivity contribution is -0.128. The van der Waals surface area contributed by atoms with Crippen molar-refractivity contribution in [3.63, 3.8) is 0 Å². The Bertz CT molecular complexity index is 1450. The fraction of sp³-hybridized carbons (Fsp3) is 0.258. The van der Waals surface area contributed by atoms with Crippen LogP contribution in [0, 0.1) is 0 Å². The highest BCUT2D eigenvalue weighted by atomic mass is 16.2. The average molecular weight is 524 g/mol. The zero-order valence-electron chi connectivity index (χ0n) is 21.8. The van der Waals surface area contributed by atoms with E-state index < -0.39 is 5.54 Å². The van der Waals surface area contributed by atoms with Crippen molar-refractivity contribution < 1.29 is 14.4 Å². The van der Waals surface area contributed by atoms with Crippen LogP contribution < -0.4 is 21.3 Å². The topological polar surface area (TPSA) is 104 Å². The van der Waals surface area contributed by atoms with E-state index in [0.717, 1.165) is 22.0 Å². The molecule has 4 N–H and O–H groups in total. The number of amides is 3. The van der Waals surface area contributed by atoms with Gasteiger partial charge in [-0.15, -0.1) is 0 Å². The number of para-hydroxylation sites is 1. The monoisotopic (exact) mass is 523 g/mol. The third-order valence-corrected chi connectivity index (χ3v) is 7.24. The van der Waals surface area contributed by atoms with Crippen molar-refractivity contribution in [1.29, 1.82) is 0 Å². The second kappa shape index (κ2) is 12.0. The van der Waals surface area contributed by atoms with Gasteiger partial charge in [0.25, 0.3) is 5.91 Å². The summed E-state index contributed by atoms with van der Waals surface area (Å²) in [5, 5.41) is 14.3. The first-order chi connectivity index (χ1) is 19.1. The van der Waals surface area contributed by atoms with Gasteiger partial charge in [-0.05, 0) is 66.5 Å². The third-order valence-electron chi connectivity index (χ3n) is 7.24. The van der Waals surface area contributed by atoms with Gasteiger partial charge >= 0.3 is 0 Å². The van der Waals surface area contributed by atoms with E-state index in [9.17, 15) is 14.4 Å². The summed E-state index contributed by atoms with van der Waals surface area (Å²) in [6.07, 6.45) is 4.98. The molecule has 0 atom stereocenters. The SMILES string of the molecule is O=C(Cc1cccc2ccccc12)NCCNC(=O)C1(NC(=O)c2ccccc2-n2cccc2)CCNCC1. The van der Waals surface area contributed by atoms with E-state index in [-0.39, 0.29) is 30.7 Å². The van der Waals surface area contributed by atoms with Crippen LogP contribution in [0.4, 0.5) is 0 Å². The molecule has 0 spiro atoms. The molecule has 8 heteroatoms. The number of hydrogen-bond donors (Lipinski definition) is 4. The molecule has 0 saturated carbocycles. The molecule has 0 aliphatic carbocycles. The van der Waals surface area contributed by atoms with E-state index >= 15 is 0 Å². The van der Waals surface area contributed by atoms with E-state index in [1.807, 2.05) is 89.8 Å². The minimum Gasteiger partial charge on any atom is -0.354 e. The highest BCUT2D eigenvalue weighted by molar-refractivity contribution is 6.01. The molecule has 3 aromatic carbocycles. The van der Waals surface area contributed by atoms with Gasteiger partial charge in [0, 0.05) is 25.5 Å². The maximum absolute atomic E-state index is 13.4. The van der Waals surface area contributed by atoms with E-state index in [4.69, 9.17) is 0 Å². The summed E-state index contributed by atoms with van der Waals surface area (Å²) < 4.78 is 1.88. The van der Waals surface area contributed by atoms with Crippen molar-refractivity contribution in [1.82, 2.24) is 25.8 Å². The molecule has 1 aromatic heterocycles. The summed E-state index contributed by atoms with van der Waals surface area (Å²) in [5.74, 6) is -0.633. The zero-order chi connectivity index (χ0) is 27.1. The molecule has 5 rings (SSSR count). The Kier molecular flexibility index (Phi) is 8.03. The smallest absolute Gasteiger partial charge is 0.254 e. The van der Waals surface area contributed by atoms with Crippen LogP contribution in [0.15, 0.2) is 91.3 Å². The molecule has 8 nitrogen and oxygen atoms in total. The van der Waals surface area contributed by atoms with Crippen molar-refractivity contribution in [3.05, 3.63) is 102 Å². The summed E-state index contributed by atoms with van der Waals surface area (Å²) in [6.45, 7) is 1.81. The number of carbonyl (C=O) groups is 3. The maximum atomic E-state index is 13.4. The highest BCUT2D eigenvalue weighted by Crippen LogP contribution is 2.22. The predicted octanol–water partition coefficient (Wildman–Crippen LogP) is 2.96. The molecular formula is C31H33N5O3. The molecule has 1 fully saturated rings. The first kappa shape index (κ1) is 26.2. The zero-order valence-corrected chi connectivity index (χ0v) is 21.8. The number of carbonyl (C=O) groups excluding carboxylic acids is 3. The van der Waals surface area contributed by atoms with E-state index in [1.165, 1.54) is 0 Å². The Balaban J connectivity index is 1.19. The normalized spacial score (nSPS) is 14.5. The van der Waals surface area contributed by atoms with Gasteiger partial charge in [0.1, 0.15) is 5.54 Å². The lowest BCUT2D eigenvalue weighted by Gasteiger charge is -2.37. The van der Waals surface area contributed by atoms with Crippen molar-refractivity contribution in [2.45, 2.75) is 24.8 Å². The summed E-state index contributed by atoms with van der Waals surface area (Å²) in [4.78, 5) is 39.5. The quantitative estimate of drug-likeness (QED) is 0.253. The Morgan fingerprint density at radius 1 is 0.795 bits per heavy atom. The summed E-state index contributed by atoms with van der Waals surface area (Å²) in [6, 6.07) is 25.1. The molecule has 39 heavy (non-hydrogen) atoms. The van der Waals surface area contributed by atoms with Crippen molar-refractivity contribution in [3.8, 4) is 5.69 Å². The molecular weight excluding hydrogens is 490 g/mol. The number of hydrogen-bond acceptors (Lipinski definition) is 4. The molecule has 0 unspecified atom stereocenters. The van der Waals surface area contributed by atoms with Gasteiger partial charge in [-0.3, -0.25) is 14.4 Å². The van der Waals surface area contributed by atoms with Crippen LogP contribution in [0.2, 0.25) is 0 Å². The van der Waals surface area contributed by atoms with Crippen LogP contribution in [0.3, 0.4) is 0 Å². The molecule has 3 amide bonds. The maximum Gasteiger partial charge on any atom is 0.254 e. The highest BCUT2D eigenvalue weighted by Gasteiger charge is 2.41. The number of aromatic nitrogens is 1. The van der Waals surface area contributed by atoms with Crippen LogP contribution >= 0.6 is 0 Å². The standard InChI is InChI=1S/C31H33N5O3/c37-28(22-24-10-7-9-23-8-1-2-11-25(23)24)33-18-19-34-30(39)31(14-16-32-17-15-31)35-29(38)26-12-3-4-13-27(26)36-20-5-6-21-36/h1-13,20-21,32H,14-19,22H2,(H,33,37)(H,34,39)(H,35,38). The first-order valence-corrected chi connectivity index (χ1v) is 13.3. The van der Waals surface area contributed by atoms with Gasteiger partial charge in [-0.2, -0.15) is 0 Å². The fourth-order valence-corrected chi connectivity index (χ4v) is 5.16. The number of rotatable bonds is 9. The van der Waals surface area contributed by atoms with Gasteiger partial charge in [0.05, 0.1) is 17.7 Å². The van der Waals surface area contributed by atoms with E-state index in [1.54, 1.807) is 6.07 Å². The Labute approximate surface area is 227 Å². The summed E-state index contributed by atoms with van der Waals surface area (Å²) in [5.41, 5.74) is 1.18. The van der Waals surface area contributed by atoms with Crippen LogP contribution in [0.1, 0.15) is 28.8 Å². The predicted molar refractivity (Wildman–Crippen MR) is 152 cm³/mol. The third kappa shape index (κ3) is 6.02. The molecule has 1 aliphatic rings. The van der Waals surface area contributed by atoms with Crippen molar-refractivity contribution >= 4 is 28.5 Å². The largest absolute Gasteiger partial charge is 0.354 e. The molecule has 200 valence electrons. The number of nitrogens with one attached hydrogen (secondary N) is 4. The average Bonchev–Trinajstić information content (AvgIpc) is 3.51. The van der Waals surface area contributed by atoms with Crippen LogP contribution in [-0.2, 0) is 16.0 Å². The van der Waals surface area contributed by atoms with Gasteiger partial charge < -0.3 is 25.8 Å². The Morgan fingerprint density at radius 2 is 1.49 bits per heavy atom. The number of fused-ring (bicyclic) bond motifs is 1. The van der Waals surface area contributed by atoms with Crippen LogP contribution in [-0.4, -0.2) is 54.0 Å². The van der Waals surface area contributed by atoms with Crippen LogP contribution in [0.25, 0.3) is 16.5 Å². The second-order valence-electron chi connectivity index (χ2n) is 9.81. The molecule has 0 bridgehead atoms. The van der Waals surface area contributed by atoms with Crippen LogP contribution in [0.5, 0.6) is 0 Å². The molecule has 0 radical (unpaired) electrons. The lowest BCUT2D eigenvalue weighted by atomic mass is 9.86. The van der Waals surface area contributed by atoms with Gasteiger partial charge in [0.15, 0.2) is 0 Å². The number of nitrogens with zero attached hydrogens (tertiary/aromatic N) is 1. The lowest BCUT2D eigenvalue weighted by Crippen LogP contribution is -2.63. The molecule has 1 aliphatic heterocycles. The molecule has 1 saturated heterocycles. The van der Waals surface area contributed by atoms with Gasteiger partial charge in [-0.1, -0.05) is 54.6 Å². The van der Waals surface area contributed by atoms with Gasteiger partial charge in [0.2, 0.25) is 11.8 Å². The summed E-state index contributed by atoms with van der Waals surface area (Å²) in [7, 11) is 0. The first-order valence-electron chi connectivity index (χ1n) is 13.3. The van der Waals surface area contributed by atoms with E-state index in [0.29, 0.717) is 38.0 Å². The van der Waals surface area contributed by atoms with Gasteiger partial charge in [-0.25, -0.2) is 0 Å². The Hall–Kier alpha value is -4.43. The number of piperidine rings is 1. The van der Waals surface area contributed by atoms with E-state index in [2.05, 4.69) is 21.3 Å². The molecule has 2 heterocycles. The Morgan fingerprint density at radius 3 is 2.31 bits per heavy atom. The fourth-order valence-electron chi connectivity index (χ4n) is 5.16.